The highest BCUT2D eigenvalue weighted by Gasteiger charge is 2.33. The van der Waals surface area contributed by atoms with Crippen LogP contribution in [0.4, 0.5) is 13.2 Å². The van der Waals surface area contributed by atoms with E-state index in [0.717, 1.165) is 24.1 Å². The van der Waals surface area contributed by atoms with Crippen LogP contribution in [0.25, 0.3) is 0 Å². The van der Waals surface area contributed by atoms with Gasteiger partial charge in [0.25, 0.3) is 0 Å². The van der Waals surface area contributed by atoms with Crippen molar-refractivity contribution in [2.24, 2.45) is 0 Å². The number of benzene rings is 1. The third kappa shape index (κ3) is 2.77. The van der Waals surface area contributed by atoms with E-state index in [1.807, 2.05) is 14.0 Å². The molecule has 1 aliphatic rings. The number of hydrogen-bond donors (Lipinski definition) is 1. The van der Waals surface area contributed by atoms with Gasteiger partial charge in [0.05, 0.1) is 5.56 Å². The fourth-order valence-electron chi connectivity index (χ4n) is 2.12. The van der Waals surface area contributed by atoms with Gasteiger partial charge in [-0.1, -0.05) is 6.07 Å². The second kappa shape index (κ2) is 4.80. The molecule has 0 amide bonds. The van der Waals surface area contributed by atoms with Crippen molar-refractivity contribution in [2.75, 3.05) is 7.05 Å². The van der Waals surface area contributed by atoms with Crippen molar-refractivity contribution in [3.8, 4) is 5.75 Å². The van der Waals surface area contributed by atoms with Crippen LogP contribution in [0.5, 0.6) is 5.75 Å². The molecule has 1 aromatic carbocycles. The second-order valence-electron chi connectivity index (χ2n) is 4.69. The van der Waals surface area contributed by atoms with Crippen molar-refractivity contribution in [1.29, 1.82) is 0 Å². The molecule has 2 rings (SSSR count). The molecule has 0 radical (unpaired) electrons. The number of ether oxygens (including phenoxy) is 1. The fraction of sp³-hybridized carbons (Fsp3) is 0.538. The third-order valence-corrected chi connectivity index (χ3v) is 3.24. The molecule has 100 valence electrons. The number of fused-ring (bicyclic) bond motifs is 1. The molecule has 5 heteroatoms. The lowest BCUT2D eigenvalue weighted by Gasteiger charge is -2.15. The Morgan fingerprint density at radius 1 is 1.44 bits per heavy atom. The van der Waals surface area contributed by atoms with Gasteiger partial charge in [-0.15, -0.1) is 0 Å². The summed E-state index contributed by atoms with van der Waals surface area (Å²) in [4.78, 5) is 0. The average Bonchev–Trinajstić information content (AvgIpc) is 2.68. The predicted octanol–water partition coefficient (Wildman–Crippen LogP) is 3.01. The Bertz CT molecular complexity index is 431. The van der Waals surface area contributed by atoms with Crippen molar-refractivity contribution in [3.63, 3.8) is 0 Å². The minimum atomic E-state index is -4.31. The zero-order valence-electron chi connectivity index (χ0n) is 10.3. The molecule has 0 aromatic heterocycles. The Hall–Kier alpha value is -1.23. The van der Waals surface area contributed by atoms with Crippen molar-refractivity contribution in [2.45, 2.75) is 38.1 Å². The van der Waals surface area contributed by atoms with Gasteiger partial charge in [0, 0.05) is 12.5 Å². The summed E-state index contributed by atoms with van der Waals surface area (Å²) in [6, 6.07) is 4.01. The average molecular weight is 259 g/mol. The lowest BCUT2D eigenvalue weighted by atomic mass is 10.0. The van der Waals surface area contributed by atoms with Gasteiger partial charge in [-0.2, -0.15) is 13.2 Å². The molecule has 0 saturated carbocycles. The molecule has 2 atom stereocenters. The van der Waals surface area contributed by atoms with E-state index in [0.29, 0.717) is 12.2 Å². The quantitative estimate of drug-likeness (QED) is 0.901. The first-order valence-corrected chi connectivity index (χ1v) is 5.94. The highest BCUT2D eigenvalue weighted by atomic mass is 19.4. The largest absolute Gasteiger partial charge is 0.490 e. The van der Waals surface area contributed by atoms with Gasteiger partial charge in [0.15, 0.2) is 0 Å². The minimum absolute atomic E-state index is 0.0362. The molecule has 0 fully saturated rings. The molecule has 1 aliphatic heterocycles. The predicted molar refractivity (Wildman–Crippen MR) is 62.7 cm³/mol. The topological polar surface area (TPSA) is 21.3 Å². The minimum Gasteiger partial charge on any atom is -0.490 e. The zero-order valence-corrected chi connectivity index (χ0v) is 10.3. The third-order valence-electron chi connectivity index (χ3n) is 3.24. The number of hydrogen-bond acceptors (Lipinski definition) is 2. The van der Waals surface area contributed by atoms with Crippen LogP contribution in [0.3, 0.4) is 0 Å². The maximum Gasteiger partial charge on any atom is 0.416 e. The first-order chi connectivity index (χ1) is 8.40. The maximum atomic E-state index is 12.6. The lowest BCUT2D eigenvalue weighted by molar-refractivity contribution is -0.137. The summed E-state index contributed by atoms with van der Waals surface area (Å²) in [5.41, 5.74) is 0.208. The molecule has 2 nitrogen and oxygen atoms in total. The van der Waals surface area contributed by atoms with Gasteiger partial charge in [0.1, 0.15) is 11.9 Å². The van der Waals surface area contributed by atoms with Crippen LogP contribution in [0.1, 0.15) is 24.5 Å². The Labute approximate surface area is 104 Å². The molecule has 1 N–H and O–H groups in total. The number of rotatable bonds is 3. The van der Waals surface area contributed by atoms with E-state index in [9.17, 15) is 13.2 Å². The van der Waals surface area contributed by atoms with Gasteiger partial charge < -0.3 is 10.1 Å². The smallest absolute Gasteiger partial charge is 0.416 e. The summed E-state index contributed by atoms with van der Waals surface area (Å²) in [6.07, 6.45) is -2.88. The SMILES string of the molecule is CNC(C)CC1Cc2ccc(C(F)(F)F)cc2O1. The van der Waals surface area contributed by atoms with E-state index in [1.54, 1.807) is 0 Å². The first kappa shape index (κ1) is 13.2. The van der Waals surface area contributed by atoms with Crippen LogP contribution in [0.2, 0.25) is 0 Å². The normalized spacial score (nSPS) is 20.4. The lowest BCUT2D eigenvalue weighted by Crippen LogP contribution is -2.28. The molecule has 0 bridgehead atoms. The number of nitrogens with one attached hydrogen (secondary N) is 1. The number of alkyl halides is 3. The molecule has 0 aliphatic carbocycles. The molecular formula is C13H16F3NO. The van der Waals surface area contributed by atoms with Crippen molar-refractivity contribution in [3.05, 3.63) is 29.3 Å². The Morgan fingerprint density at radius 3 is 2.78 bits per heavy atom. The van der Waals surface area contributed by atoms with Crippen LogP contribution in [0.15, 0.2) is 18.2 Å². The monoisotopic (exact) mass is 259 g/mol. The van der Waals surface area contributed by atoms with Crippen LogP contribution in [0, 0.1) is 0 Å². The van der Waals surface area contributed by atoms with Gasteiger partial charge in [-0.25, -0.2) is 0 Å². The Morgan fingerprint density at radius 2 is 2.17 bits per heavy atom. The molecule has 1 aromatic rings. The fourth-order valence-corrected chi connectivity index (χ4v) is 2.12. The summed E-state index contributed by atoms with van der Waals surface area (Å²) >= 11 is 0. The molecular weight excluding hydrogens is 243 g/mol. The molecule has 0 saturated heterocycles. The van der Waals surface area contributed by atoms with E-state index in [4.69, 9.17) is 4.74 Å². The highest BCUT2D eigenvalue weighted by Crippen LogP contribution is 2.37. The van der Waals surface area contributed by atoms with Crippen LogP contribution in [-0.4, -0.2) is 19.2 Å². The maximum absolute atomic E-state index is 12.6. The van der Waals surface area contributed by atoms with Crippen LogP contribution >= 0.6 is 0 Å². The van der Waals surface area contributed by atoms with Crippen LogP contribution in [-0.2, 0) is 12.6 Å². The Kier molecular flexibility index (Phi) is 3.52. The Balaban J connectivity index is 2.11. The van der Waals surface area contributed by atoms with E-state index in [2.05, 4.69) is 5.32 Å². The van der Waals surface area contributed by atoms with Gasteiger partial charge in [-0.05, 0) is 38.1 Å². The summed E-state index contributed by atoms with van der Waals surface area (Å²) < 4.78 is 43.2. The van der Waals surface area contributed by atoms with E-state index in [1.165, 1.54) is 6.07 Å². The summed E-state index contributed by atoms with van der Waals surface area (Å²) in [6.45, 7) is 2.02. The molecule has 0 spiro atoms. The molecule has 1 heterocycles. The summed E-state index contributed by atoms with van der Waals surface area (Å²) in [5.74, 6) is 0.373. The van der Waals surface area contributed by atoms with Crippen LogP contribution < -0.4 is 10.1 Å². The van der Waals surface area contributed by atoms with Crippen molar-refractivity contribution < 1.29 is 17.9 Å². The number of halogens is 3. The summed E-state index contributed by atoms with van der Waals surface area (Å²) in [7, 11) is 1.86. The van der Waals surface area contributed by atoms with Crippen molar-refractivity contribution >= 4 is 0 Å². The van der Waals surface area contributed by atoms with E-state index in [-0.39, 0.29) is 12.1 Å². The molecule has 2 unspecified atom stereocenters. The standard InChI is InChI=1S/C13H16F3NO/c1-8(17-2)5-11-6-9-3-4-10(13(14,15)16)7-12(9)18-11/h3-4,7-8,11,17H,5-6H2,1-2H3. The zero-order chi connectivity index (χ0) is 13.3. The van der Waals surface area contributed by atoms with E-state index >= 15 is 0 Å². The van der Waals surface area contributed by atoms with Gasteiger partial charge >= 0.3 is 6.18 Å². The van der Waals surface area contributed by atoms with E-state index < -0.39 is 11.7 Å². The van der Waals surface area contributed by atoms with Gasteiger partial charge in [0.2, 0.25) is 0 Å². The second-order valence-corrected chi connectivity index (χ2v) is 4.69. The highest BCUT2D eigenvalue weighted by molar-refractivity contribution is 5.41. The molecule has 18 heavy (non-hydrogen) atoms. The van der Waals surface area contributed by atoms with Gasteiger partial charge in [-0.3, -0.25) is 0 Å². The first-order valence-electron chi connectivity index (χ1n) is 5.94. The summed E-state index contributed by atoms with van der Waals surface area (Å²) in [5, 5.41) is 3.09. The van der Waals surface area contributed by atoms with Crippen molar-refractivity contribution in [1.82, 2.24) is 5.32 Å².